The molecule has 0 saturated heterocycles. The third kappa shape index (κ3) is 3.31. The lowest BCUT2D eigenvalue weighted by molar-refractivity contribution is 0.524. The molecule has 17 heavy (non-hydrogen) atoms. The molecule has 0 spiro atoms. The third-order valence-electron chi connectivity index (χ3n) is 2.45. The second-order valence-electron chi connectivity index (χ2n) is 3.90. The molecule has 0 aliphatic heterocycles. The highest BCUT2D eigenvalue weighted by molar-refractivity contribution is 7.09. The molecular weight excluding hydrogens is 232 g/mol. The van der Waals surface area contributed by atoms with Gasteiger partial charge in [0, 0.05) is 29.9 Å². The van der Waals surface area contributed by atoms with Crippen LogP contribution in [0.1, 0.15) is 29.2 Å². The van der Waals surface area contributed by atoms with Crippen molar-refractivity contribution in [3.8, 4) is 0 Å². The Bertz CT molecular complexity index is 438. The van der Waals surface area contributed by atoms with Crippen LogP contribution >= 0.6 is 11.3 Å². The van der Waals surface area contributed by atoms with E-state index in [0.29, 0.717) is 0 Å². The number of rotatable bonds is 5. The number of likely N-dealkylation sites (N-methyl/N-ethyl adjacent to an activating group) is 1. The van der Waals surface area contributed by atoms with Gasteiger partial charge in [-0.15, -0.1) is 11.3 Å². The zero-order chi connectivity index (χ0) is 12.1. The molecule has 0 amide bonds. The summed E-state index contributed by atoms with van der Waals surface area (Å²) >= 11 is 1.67. The lowest BCUT2D eigenvalue weighted by Crippen LogP contribution is -2.24. The smallest absolute Gasteiger partial charge is 0.145 e. The summed E-state index contributed by atoms with van der Waals surface area (Å²) in [5.41, 5.74) is 2.94. The number of nitrogens with one attached hydrogen (secondary N) is 1. The van der Waals surface area contributed by atoms with E-state index in [-0.39, 0.29) is 6.04 Å². The van der Waals surface area contributed by atoms with Gasteiger partial charge in [-0.05, 0) is 19.0 Å². The molecule has 0 aliphatic rings. The Kier molecular flexibility index (Phi) is 4.17. The maximum absolute atomic E-state index is 4.39. The average molecular weight is 248 g/mol. The van der Waals surface area contributed by atoms with Crippen LogP contribution in [0.25, 0.3) is 0 Å². The second-order valence-corrected chi connectivity index (χ2v) is 4.87. The normalized spacial score (nSPS) is 12.6. The second kappa shape index (κ2) is 5.84. The van der Waals surface area contributed by atoms with Crippen molar-refractivity contribution in [1.29, 1.82) is 0 Å². The first kappa shape index (κ1) is 12.1. The minimum atomic E-state index is 0.168. The summed E-state index contributed by atoms with van der Waals surface area (Å²) in [6.07, 6.45) is 6.52. The van der Waals surface area contributed by atoms with Gasteiger partial charge in [0.25, 0.3) is 0 Å². The summed E-state index contributed by atoms with van der Waals surface area (Å²) < 4.78 is 0. The summed E-state index contributed by atoms with van der Waals surface area (Å²) in [4.78, 5) is 14.1. The van der Waals surface area contributed by atoms with Gasteiger partial charge < -0.3 is 5.32 Å². The number of thiazole rings is 1. The molecule has 0 saturated carbocycles. The lowest BCUT2D eigenvalue weighted by atomic mass is 10.1. The van der Waals surface area contributed by atoms with Gasteiger partial charge in [0.1, 0.15) is 5.82 Å². The van der Waals surface area contributed by atoms with Gasteiger partial charge in [-0.3, -0.25) is 4.98 Å². The minimum absolute atomic E-state index is 0.168. The molecule has 2 heterocycles. The Morgan fingerprint density at radius 1 is 1.29 bits per heavy atom. The van der Waals surface area contributed by atoms with E-state index in [4.69, 9.17) is 0 Å². The first-order chi connectivity index (χ1) is 8.29. The van der Waals surface area contributed by atoms with Crippen molar-refractivity contribution in [3.63, 3.8) is 0 Å². The Morgan fingerprint density at radius 2 is 2.06 bits per heavy atom. The molecule has 4 nitrogen and oxygen atoms in total. The zero-order valence-electron chi connectivity index (χ0n) is 10.1. The van der Waals surface area contributed by atoms with Crippen molar-refractivity contribution in [2.75, 3.05) is 6.54 Å². The molecule has 90 valence electrons. The molecule has 1 atom stereocenters. The van der Waals surface area contributed by atoms with Gasteiger partial charge >= 0.3 is 0 Å². The highest BCUT2D eigenvalue weighted by Crippen LogP contribution is 2.17. The molecule has 0 aliphatic carbocycles. The molecule has 1 N–H and O–H groups in total. The summed E-state index contributed by atoms with van der Waals surface area (Å²) in [6.45, 7) is 4.99. The van der Waals surface area contributed by atoms with Crippen LogP contribution in [0.5, 0.6) is 0 Å². The van der Waals surface area contributed by atoms with Crippen molar-refractivity contribution < 1.29 is 0 Å². The number of hydrogen-bond donors (Lipinski definition) is 1. The van der Waals surface area contributed by atoms with Crippen molar-refractivity contribution in [2.24, 2.45) is 0 Å². The van der Waals surface area contributed by atoms with Crippen LogP contribution in [-0.2, 0) is 6.42 Å². The molecule has 2 aromatic rings. The van der Waals surface area contributed by atoms with Gasteiger partial charge in [0.2, 0.25) is 0 Å². The number of aryl methyl sites for hydroxylation is 1. The summed E-state index contributed by atoms with van der Waals surface area (Å²) in [6, 6.07) is 0.168. The maximum Gasteiger partial charge on any atom is 0.145 e. The zero-order valence-corrected chi connectivity index (χ0v) is 10.9. The number of hydrogen-bond acceptors (Lipinski definition) is 5. The standard InChI is InChI=1S/C12H16N4S/c1-3-14-11(4-10-7-13-8-17-10)12-15-5-9(2)6-16-12/h5-8,11,14H,3-4H2,1-2H3. The highest BCUT2D eigenvalue weighted by Gasteiger charge is 2.14. The lowest BCUT2D eigenvalue weighted by Gasteiger charge is -2.15. The molecule has 1 unspecified atom stereocenters. The van der Waals surface area contributed by atoms with Gasteiger partial charge in [-0.2, -0.15) is 0 Å². The maximum atomic E-state index is 4.39. The van der Waals surface area contributed by atoms with Crippen LogP contribution in [0.3, 0.4) is 0 Å². The van der Waals surface area contributed by atoms with Crippen LogP contribution in [0.15, 0.2) is 24.1 Å². The largest absolute Gasteiger partial charge is 0.307 e. The van der Waals surface area contributed by atoms with Crippen LogP contribution < -0.4 is 5.32 Å². The van der Waals surface area contributed by atoms with Crippen molar-refractivity contribution >= 4 is 11.3 Å². The topological polar surface area (TPSA) is 50.7 Å². The summed E-state index contributed by atoms with van der Waals surface area (Å²) in [7, 11) is 0. The molecule has 0 aromatic carbocycles. The molecule has 0 bridgehead atoms. The van der Waals surface area contributed by atoms with Crippen molar-refractivity contribution in [3.05, 3.63) is 40.4 Å². The van der Waals surface area contributed by atoms with E-state index in [1.165, 1.54) is 4.88 Å². The number of nitrogens with zero attached hydrogens (tertiary/aromatic N) is 3. The Hall–Kier alpha value is -1.33. The molecule has 0 fully saturated rings. The van der Waals surface area contributed by atoms with E-state index in [9.17, 15) is 0 Å². The van der Waals surface area contributed by atoms with Gasteiger partial charge in [-0.1, -0.05) is 6.92 Å². The fraction of sp³-hybridized carbons (Fsp3) is 0.417. The summed E-state index contributed by atoms with van der Waals surface area (Å²) in [5, 5.41) is 3.41. The van der Waals surface area contributed by atoms with E-state index in [1.807, 2.05) is 31.0 Å². The van der Waals surface area contributed by atoms with Crippen LogP contribution in [0.4, 0.5) is 0 Å². The van der Waals surface area contributed by atoms with E-state index < -0.39 is 0 Å². The Morgan fingerprint density at radius 3 is 2.65 bits per heavy atom. The SMILES string of the molecule is CCNC(Cc1cncs1)c1ncc(C)cn1. The van der Waals surface area contributed by atoms with Gasteiger partial charge in [0.05, 0.1) is 11.6 Å². The van der Waals surface area contributed by atoms with E-state index in [0.717, 1.165) is 24.4 Å². The van der Waals surface area contributed by atoms with Crippen LogP contribution in [0, 0.1) is 6.92 Å². The fourth-order valence-electron chi connectivity index (χ4n) is 1.63. The predicted molar refractivity (Wildman–Crippen MR) is 69.0 cm³/mol. The first-order valence-corrected chi connectivity index (χ1v) is 6.57. The van der Waals surface area contributed by atoms with E-state index in [1.54, 1.807) is 11.3 Å². The quantitative estimate of drug-likeness (QED) is 0.880. The van der Waals surface area contributed by atoms with Gasteiger partial charge in [0.15, 0.2) is 0 Å². The van der Waals surface area contributed by atoms with E-state index >= 15 is 0 Å². The Labute approximate surface area is 105 Å². The molecule has 0 radical (unpaired) electrons. The highest BCUT2D eigenvalue weighted by atomic mass is 32.1. The molecule has 2 rings (SSSR count). The molecule has 2 aromatic heterocycles. The van der Waals surface area contributed by atoms with Crippen LogP contribution in [0.2, 0.25) is 0 Å². The van der Waals surface area contributed by atoms with Crippen LogP contribution in [-0.4, -0.2) is 21.5 Å². The van der Waals surface area contributed by atoms with E-state index in [2.05, 4.69) is 27.2 Å². The number of aromatic nitrogens is 3. The fourth-order valence-corrected chi connectivity index (χ4v) is 2.27. The minimum Gasteiger partial charge on any atom is -0.307 e. The first-order valence-electron chi connectivity index (χ1n) is 5.69. The Balaban J connectivity index is 2.13. The van der Waals surface area contributed by atoms with Gasteiger partial charge in [-0.25, -0.2) is 9.97 Å². The summed E-state index contributed by atoms with van der Waals surface area (Å²) in [5.74, 6) is 0.853. The van der Waals surface area contributed by atoms with Crippen molar-refractivity contribution in [2.45, 2.75) is 26.3 Å². The monoisotopic (exact) mass is 248 g/mol. The molecule has 5 heteroatoms. The van der Waals surface area contributed by atoms with Crippen molar-refractivity contribution in [1.82, 2.24) is 20.3 Å². The average Bonchev–Trinajstić information content (AvgIpc) is 2.82. The predicted octanol–water partition coefficient (Wildman–Crippen LogP) is 2.13. The third-order valence-corrected chi connectivity index (χ3v) is 3.25. The molecular formula is C12H16N4S.